The van der Waals surface area contributed by atoms with Crippen LogP contribution >= 0.6 is 11.6 Å². The summed E-state index contributed by atoms with van der Waals surface area (Å²) in [5.74, 6) is 0.342. The zero-order valence-electron chi connectivity index (χ0n) is 15.0. The summed E-state index contributed by atoms with van der Waals surface area (Å²) in [7, 11) is 2.15. The van der Waals surface area contributed by atoms with Gasteiger partial charge in [0.15, 0.2) is 6.61 Å². The molecule has 1 aliphatic rings. The van der Waals surface area contributed by atoms with Gasteiger partial charge in [-0.3, -0.25) is 4.79 Å². The van der Waals surface area contributed by atoms with Gasteiger partial charge in [-0.2, -0.15) is 0 Å². The molecule has 0 aliphatic carbocycles. The normalized spacial score (nSPS) is 14.9. The first kappa shape index (κ1) is 18.5. The van der Waals surface area contributed by atoms with Crippen LogP contribution in [0.1, 0.15) is 5.56 Å². The average molecular weight is 374 g/mol. The summed E-state index contributed by atoms with van der Waals surface area (Å²) in [6, 6.07) is 15.5. The number of likely N-dealkylation sites (N-methyl/N-ethyl adjacent to an activating group) is 1. The third-order valence-electron chi connectivity index (χ3n) is 4.49. The predicted molar refractivity (Wildman–Crippen MR) is 105 cm³/mol. The number of nitrogens with one attached hydrogen (secondary N) is 1. The fourth-order valence-electron chi connectivity index (χ4n) is 2.85. The van der Waals surface area contributed by atoms with Crippen molar-refractivity contribution in [3.63, 3.8) is 0 Å². The van der Waals surface area contributed by atoms with Crippen LogP contribution in [-0.4, -0.2) is 50.6 Å². The van der Waals surface area contributed by atoms with Crippen molar-refractivity contribution in [3.8, 4) is 5.75 Å². The summed E-state index contributed by atoms with van der Waals surface area (Å²) in [6.45, 7) is 4.70. The number of para-hydroxylation sites is 1. The number of carbonyl (C=O) groups is 1. The molecule has 2 aromatic rings. The van der Waals surface area contributed by atoms with Crippen molar-refractivity contribution in [1.29, 1.82) is 0 Å². The summed E-state index contributed by atoms with van der Waals surface area (Å²) in [5.41, 5.74) is 2.30. The zero-order chi connectivity index (χ0) is 18.4. The van der Waals surface area contributed by atoms with Crippen LogP contribution in [0.4, 0.5) is 5.69 Å². The van der Waals surface area contributed by atoms with Gasteiger partial charge in [0.1, 0.15) is 5.75 Å². The Hall–Kier alpha value is -2.24. The monoisotopic (exact) mass is 373 g/mol. The molecular formula is C20H24ClN3O2. The van der Waals surface area contributed by atoms with E-state index in [-0.39, 0.29) is 12.5 Å². The number of benzene rings is 2. The van der Waals surface area contributed by atoms with E-state index in [1.54, 1.807) is 12.1 Å². The van der Waals surface area contributed by atoms with Crippen LogP contribution in [-0.2, 0) is 11.3 Å². The number of piperazine rings is 1. The van der Waals surface area contributed by atoms with E-state index in [0.29, 0.717) is 17.3 Å². The summed E-state index contributed by atoms with van der Waals surface area (Å²) in [5, 5.41) is 3.37. The van der Waals surface area contributed by atoms with Crippen LogP contribution in [0.25, 0.3) is 0 Å². The Morgan fingerprint density at radius 2 is 1.77 bits per heavy atom. The summed E-state index contributed by atoms with van der Waals surface area (Å²) in [6.07, 6.45) is 0. The van der Waals surface area contributed by atoms with E-state index in [9.17, 15) is 4.79 Å². The van der Waals surface area contributed by atoms with Crippen molar-refractivity contribution in [2.75, 3.05) is 44.7 Å². The molecule has 0 atom stereocenters. The molecule has 26 heavy (non-hydrogen) atoms. The maximum atomic E-state index is 12.0. The highest BCUT2D eigenvalue weighted by atomic mass is 35.5. The summed E-state index contributed by atoms with van der Waals surface area (Å²) in [4.78, 5) is 16.7. The lowest BCUT2D eigenvalue weighted by molar-refractivity contribution is -0.123. The van der Waals surface area contributed by atoms with E-state index in [0.717, 1.165) is 31.7 Å². The number of rotatable bonds is 6. The molecule has 1 aliphatic heterocycles. The molecule has 5 nitrogen and oxygen atoms in total. The van der Waals surface area contributed by atoms with Crippen molar-refractivity contribution in [2.24, 2.45) is 0 Å². The van der Waals surface area contributed by atoms with Gasteiger partial charge >= 0.3 is 0 Å². The minimum Gasteiger partial charge on any atom is -0.482 e. The Morgan fingerprint density at radius 3 is 2.46 bits per heavy atom. The zero-order valence-corrected chi connectivity index (χ0v) is 15.7. The lowest BCUT2D eigenvalue weighted by atomic mass is 10.2. The molecule has 1 saturated heterocycles. The molecule has 2 aromatic carbocycles. The molecule has 0 aromatic heterocycles. The van der Waals surface area contributed by atoms with Crippen molar-refractivity contribution < 1.29 is 9.53 Å². The Labute approximate surface area is 159 Å². The molecule has 0 unspecified atom stereocenters. The molecule has 0 bridgehead atoms. The van der Waals surface area contributed by atoms with Gasteiger partial charge in [0.2, 0.25) is 0 Å². The maximum absolute atomic E-state index is 12.0. The lowest BCUT2D eigenvalue weighted by Crippen LogP contribution is -2.44. The second-order valence-electron chi connectivity index (χ2n) is 6.45. The van der Waals surface area contributed by atoms with E-state index >= 15 is 0 Å². The third-order valence-corrected chi connectivity index (χ3v) is 4.80. The fourth-order valence-corrected chi connectivity index (χ4v) is 3.04. The lowest BCUT2D eigenvalue weighted by Gasteiger charge is -2.34. The minimum atomic E-state index is -0.173. The summed E-state index contributed by atoms with van der Waals surface area (Å²) >= 11 is 6.00. The van der Waals surface area contributed by atoms with E-state index in [4.69, 9.17) is 16.3 Å². The highest BCUT2D eigenvalue weighted by Crippen LogP contribution is 2.22. The topological polar surface area (TPSA) is 44.8 Å². The number of anilines is 1. The van der Waals surface area contributed by atoms with E-state index in [1.807, 2.05) is 12.1 Å². The minimum absolute atomic E-state index is 0.0525. The highest BCUT2D eigenvalue weighted by molar-refractivity contribution is 6.32. The first-order valence-electron chi connectivity index (χ1n) is 8.78. The molecule has 138 valence electrons. The SMILES string of the molecule is CN1CCN(c2ccc(CNC(=O)COc3ccccc3Cl)cc2)CC1. The van der Waals surface area contributed by atoms with Crippen LogP contribution in [0.2, 0.25) is 5.02 Å². The van der Waals surface area contributed by atoms with Crippen molar-refractivity contribution in [3.05, 3.63) is 59.1 Å². The molecule has 1 amide bonds. The van der Waals surface area contributed by atoms with Gasteiger partial charge in [0.25, 0.3) is 5.91 Å². The van der Waals surface area contributed by atoms with Gasteiger partial charge in [-0.25, -0.2) is 0 Å². The molecule has 1 fully saturated rings. The largest absolute Gasteiger partial charge is 0.482 e. The molecule has 1 N–H and O–H groups in total. The van der Waals surface area contributed by atoms with Gasteiger partial charge < -0.3 is 19.9 Å². The number of carbonyl (C=O) groups excluding carboxylic acids is 1. The third kappa shape index (κ3) is 5.13. The van der Waals surface area contributed by atoms with E-state index in [2.05, 4.69) is 46.4 Å². The van der Waals surface area contributed by atoms with Gasteiger partial charge in [-0.05, 0) is 36.9 Å². The maximum Gasteiger partial charge on any atom is 0.258 e. The molecule has 1 heterocycles. The van der Waals surface area contributed by atoms with Crippen LogP contribution < -0.4 is 15.0 Å². The Balaban J connectivity index is 1.44. The molecule has 0 spiro atoms. The van der Waals surface area contributed by atoms with Gasteiger partial charge in [0, 0.05) is 38.4 Å². The second-order valence-corrected chi connectivity index (χ2v) is 6.86. The number of ether oxygens (including phenoxy) is 1. The first-order chi connectivity index (χ1) is 12.6. The van der Waals surface area contributed by atoms with Crippen LogP contribution in [0, 0.1) is 0 Å². The first-order valence-corrected chi connectivity index (χ1v) is 9.16. The highest BCUT2D eigenvalue weighted by Gasteiger charge is 2.14. The number of hydrogen-bond acceptors (Lipinski definition) is 4. The van der Waals surface area contributed by atoms with E-state index < -0.39 is 0 Å². The number of halogens is 1. The predicted octanol–water partition coefficient (Wildman–Crippen LogP) is 2.79. The molecular weight excluding hydrogens is 350 g/mol. The summed E-state index contributed by atoms with van der Waals surface area (Å²) < 4.78 is 5.44. The van der Waals surface area contributed by atoms with Crippen LogP contribution in [0.15, 0.2) is 48.5 Å². The average Bonchev–Trinajstić information content (AvgIpc) is 2.67. The quantitative estimate of drug-likeness (QED) is 0.845. The molecule has 3 rings (SSSR count). The van der Waals surface area contributed by atoms with Crippen molar-refractivity contribution in [2.45, 2.75) is 6.54 Å². The number of nitrogens with zero attached hydrogens (tertiary/aromatic N) is 2. The fraction of sp³-hybridized carbons (Fsp3) is 0.350. The van der Waals surface area contributed by atoms with Crippen molar-refractivity contribution in [1.82, 2.24) is 10.2 Å². The van der Waals surface area contributed by atoms with E-state index in [1.165, 1.54) is 5.69 Å². The number of hydrogen-bond donors (Lipinski definition) is 1. The van der Waals surface area contributed by atoms with Crippen LogP contribution in [0.3, 0.4) is 0 Å². The Kier molecular flexibility index (Phi) is 6.36. The van der Waals surface area contributed by atoms with Gasteiger partial charge in [-0.1, -0.05) is 35.9 Å². The molecule has 0 saturated carbocycles. The number of amides is 1. The van der Waals surface area contributed by atoms with Crippen molar-refractivity contribution >= 4 is 23.2 Å². The molecule has 6 heteroatoms. The van der Waals surface area contributed by atoms with Gasteiger partial charge in [-0.15, -0.1) is 0 Å². The van der Waals surface area contributed by atoms with Gasteiger partial charge in [0.05, 0.1) is 5.02 Å². The Morgan fingerprint density at radius 1 is 1.08 bits per heavy atom. The standard InChI is InChI=1S/C20H24ClN3O2/c1-23-10-12-24(13-11-23)17-8-6-16(7-9-17)14-22-20(25)15-26-19-5-3-2-4-18(19)21/h2-9H,10-15H2,1H3,(H,22,25). The second kappa shape index (κ2) is 8.92. The molecule has 0 radical (unpaired) electrons. The smallest absolute Gasteiger partial charge is 0.258 e. The Bertz CT molecular complexity index is 728. The van der Waals surface area contributed by atoms with Crippen LogP contribution in [0.5, 0.6) is 5.75 Å².